The highest BCUT2D eigenvalue weighted by molar-refractivity contribution is 8.93. The molecule has 0 bridgehead atoms. The van der Waals surface area contributed by atoms with Crippen molar-refractivity contribution in [2.75, 3.05) is 0 Å². The van der Waals surface area contributed by atoms with Gasteiger partial charge < -0.3 is 0 Å². The lowest BCUT2D eigenvalue weighted by molar-refractivity contribution is -0.124. The number of amides is 2. The normalized spacial score (nSPS) is 14.6. The van der Waals surface area contributed by atoms with Gasteiger partial charge in [-0.15, -0.1) is 17.0 Å². The van der Waals surface area contributed by atoms with E-state index in [0.717, 1.165) is 0 Å². The second-order valence-corrected chi connectivity index (χ2v) is 1.47. The van der Waals surface area contributed by atoms with E-state index in [4.69, 9.17) is 0 Å². The van der Waals surface area contributed by atoms with E-state index in [1.54, 1.807) is 0 Å². The molecular weight excluding hydrogens is 202 g/mol. The predicted molar refractivity (Wildman–Crippen MR) is 41.1 cm³/mol. The maximum absolute atomic E-state index is 10.1. The molecule has 0 atom stereocenters. The smallest absolute Gasteiger partial charge is 0.227 e. The molecule has 60 valence electrons. The van der Waals surface area contributed by atoms with Crippen molar-refractivity contribution in [2.45, 2.75) is 12.8 Å². The zero-order chi connectivity index (χ0) is 7.28. The third-order valence-corrected chi connectivity index (χ3v) is 0.858. The van der Waals surface area contributed by atoms with Crippen molar-refractivity contribution in [3.05, 3.63) is 0 Å². The highest BCUT2D eigenvalue weighted by Crippen LogP contribution is 1.95. The molecule has 1 aliphatic heterocycles. The molecule has 0 aromatic rings. The van der Waals surface area contributed by atoms with Crippen LogP contribution in [0.5, 0.6) is 0 Å². The van der Waals surface area contributed by atoms with E-state index >= 15 is 0 Å². The minimum Gasteiger partial charge on any atom is -0.296 e. The minimum atomic E-state index is -0.148. The van der Waals surface area contributed by atoms with Crippen LogP contribution >= 0.6 is 17.0 Å². The van der Waals surface area contributed by atoms with Crippen LogP contribution in [0.4, 0.5) is 0 Å². The Balaban J connectivity index is 0. The average molecular weight is 212 g/mol. The predicted octanol–water partition coefficient (Wildman–Crippen LogP) is -1.18. The maximum Gasteiger partial charge on any atom is 0.227 e. The fraction of sp³-hybridized carbons (Fsp3) is 0.500. The number of halogens is 1. The quantitative estimate of drug-likeness (QED) is 0.267. The monoisotopic (exact) mass is 211 g/mol. The molecule has 1 saturated heterocycles. The summed E-state index contributed by atoms with van der Waals surface area (Å²) in [5.41, 5.74) is 0. The zero-order valence-corrected chi connectivity index (χ0v) is 7.01. The van der Waals surface area contributed by atoms with Gasteiger partial charge in [0, 0.05) is 12.8 Å². The minimum absolute atomic E-state index is 0. The summed E-state index contributed by atoms with van der Waals surface area (Å²) >= 11 is 0. The molecule has 5 N–H and O–H groups in total. The Morgan fingerprint density at radius 3 is 1.50 bits per heavy atom. The van der Waals surface area contributed by atoms with Crippen LogP contribution in [-0.2, 0) is 9.59 Å². The summed E-state index contributed by atoms with van der Waals surface area (Å²) in [5, 5.41) is 2.14. The summed E-state index contributed by atoms with van der Waals surface area (Å²) in [6.07, 6.45) is 0.748. The average Bonchev–Trinajstić information content (AvgIpc) is 2.20. The van der Waals surface area contributed by atoms with Gasteiger partial charge in [0.15, 0.2) is 0 Å². The van der Waals surface area contributed by atoms with Crippen molar-refractivity contribution in [3.8, 4) is 0 Å². The highest BCUT2D eigenvalue weighted by Gasteiger charge is 2.15. The van der Waals surface area contributed by atoms with Crippen molar-refractivity contribution in [1.82, 2.24) is 5.32 Å². The fourth-order valence-electron chi connectivity index (χ4n) is 0.508. The topological polar surface area (TPSA) is 98.2 Å². The lowest BCUT2D eigenvalue weighted by Gasteiger charge is -1.79. The molecule has 0 unspecified atom stereocenters. The van der Waals surface area contributed by atoms with E-state index in [2.05, 4.69) is 17.0 Å². The van der Waals surface area contributed by atoms with Crippen molar-refractivity contribution in [1.29, 1.82) is 0 Å². The molecule has 0 spiro atoms. The molecule has 0 aromatic heterocycles. The first-order valence-corrected chi connectivity index (χ1v) is 2.45. The molecule has 1 fully saturated rings. The van der Waals surface area contributed by atoms with Crippen molar-refractivity contribution < 1.29 is 9.59 Å². The van der Waals surface area contributed by atoms with Gasteiger partial charge in [-0.05, 0) is 0 Å². The van der Waals surface area contributed by atoms with Crippen LogP contribution < -0.4 is 17.0 Å². The van der Waals surface area contributed by atoms with Gasteiger partial charge in [-0.3, -0.25) is 26.6 Å². The van der Waals surface area contributed by atoms with Crippen LogP contribution in [0.15, 0.2) is 0 Å². The van der Waals surface area contributed by atoms with Gasteiger partial charge in [0.05, 0.1) is 0 Å². The van der Waals surface area contributed by atoms with E-state index in [0.29, 0.717) is 12.8 Å². The van der Waals surface area contributed by atoms with Gasteiger partial charge in [-0.2, -0.15) is 0 Å². The van der Waals surface area contributed by atoms with Crippen LogP contribution in [0, 0.1) is 0 Å². The number of carbonyl (C=O) groups is 2. The molecule has 2 amide bonds. The summed E-state index contributed by atoms with van der Waals surface area (Å²) in [6.45, 7) is 0. The molecular formula is C4H10BrN3O2. The number of imide groups is 1. The Morgan fingerprint density at radius 1 is 1.10 bits per heavy atom. The largest absolute Gasteiger partial charge is 0.296 e. The number of hydrogen-bond acceptors (Lipinski definition) is 4. The van der Waals surface area contributed by atoms with Gasteiger partial charge in [-0.25, -0.2) is 0 Å². The van der Waals surface area contributed by atoms with E-state index in [9.17, 15) is 9.59 Å². The molecule has 6 heteroatoms. The lowest BCUT2D eigenvalue weighted by atomic mass is 10.4. The number of hydrazine groups is 1. The van der Waals surface area contributed by atoms with Crippen LogP contribution in [0.1, 0.15) is 12.8 Å². The van der Waals surface area contributed by atoms with Crippen molar-refractivity contribution in [2.24, 2.45) is 11.7 Å². The van der Waals surface area contributed by atoms with Gasteiger partial charge in [0.1, 0.15) is 0 Å². The summed E-state index contributed by atoms with van der Waals surface area (Å²) < 4.78 is 0. The summed E-state index contributed by atoms with van der Waals surface area (Å²) in [4.78, 5) is 20.2. The van der Waals surface area contributed by atoms with Gasteiger partial charge in [0.2, 0.25) is 11.8 Å². The zero-order valence-electron chi connectivity index (χ0n) is 5.29. The summed E-state index contributed by atoms with van der Waals surface area (Å²) in [5.74, 6) is 7.70. The third-order valence-electron chi connectivity index (χ3n) is 0.858. The molecule has 10 heavy (non-hydrogen) atoms. The van der Waals surface area contributed by atoms with Crippen molar-refractivity contribution >= 4 is 28.8 Å². The van der Waals surface area contributed by atoms with Crippen LogP contribution in [0.2, 0.25) is 0 Å². The molecule has 1 aliphatic rings. The van der Waals surface area contributed by atoms with Crippen LogP contribution in [0.3, 0.4) is 0 Å². The van der Waals surface area contributed by atoms with Crippen molar-refractivity contribution in [3.63, 3.8) is 0 Å². The Kier molecular flexibility index (Phi) is 8.15. The van der Waals surface area contributed by atoms with E-state index in [-0.39, 0.29) is 28.8 Å². The van der Waals surface area contributed by atoms with E-state index in [1.165, 1.54) is 0 Å². The third kappa shape index (κ3) is 4.42. The van der Waals surface area contributed by atoms with Gasteiger partial charge >= 0.3 is 0 Å². The highest BCUT2D eigenvalue weighted by atomic mass is 79.9. The Hall–Kier alpha value is -0.460. The molecule has 0 saturated carbocycles. The van der Waals surface area contributed by atoms with Crippen LogP contribution in [0.25, 0.3) is 0 Å². The first-order chi connectivity index (χ1) is 4.29. The van der Waals surface area contributed by atoms with Gasteiger partial charge in [-0.1, -0.05) is 0 Å². The first kappa shape index (κ1) is 12.2. The number of nitrogens with two attached hydrogens (primary N) is 2. The first-order valence-electron chi connectivity index (χ1n) is 2.45. The maximum atomic E-state index is 10.1. The number of nitrogens with one attached hydrogen (secondary N) is 1. The molecule has 0 radical (unpaired) electrons. The van der Waals surface area contributed by atoms with E-state index < -0.39 is 0 Å². The van der Waals surface area contributed by atoms with Gasteiger partial charge in [0.25, 0.3) is 0 Å². The number of carbonyl (C=O) groups excluding carboxylic acids is 2. The lowest BCUT2D eigenvalue weighted by Crippen LogP contribution is -2.18. The Morgan fingerprint density at radius 2 is 1.40 bits per heavy atom. The Labute approximate surface area is 68.9 Å². The summed E-state index contributed by atoms with van der Waals surface area (Å²) in [7, 11) is 0. The standard InChI is InChI=1S/C4H5NO2.BrH.H4N2/c6-3-1-2-4(7)5-3;;1-2/h1-2H2,(H,5,6,7);1H;1-2H2. The molecule has 1 rings (SSSR count). The fourth-order valence-corrected chi connectivity index (χ4v) is 0.508. The summed E-state index contributed by atoms with van der Waals surface area (Å²) in [6, 6.07) is 0. The number of rotatable bonds is 0. The molecule has 0 aromatic carbocycles. The number of hydrogen-bond donors (Lipinski definition) is 3. The van der Waals surface area contributed by atoms with E-state index in [1.807, 2.05) is 0 Å². The Bertz CT molecular complexity index is 114. The van der Waals surface area contributed by atoms with Crippen LogP contribution in [-0.4, -0.2) is 11.8 Å². The SMILES string of the molecule is Br.NN.O=C1CCC(=O)N1. The second kappa shape index (κ2) is 6.66. The molecule has 1 heterocycles. The molecule has 5 nitrogen and oxygen atoms in total. The second-order valence-electron chi connectivity index (χ2n) is 1.47. The molecule has 0 aliphatic carbocycles.